The lowest BCUT2D eigenvalue weighted by molar-refractivity contribution is 0.174. The number of hydrogen-bond donors (Lipinski definition) is 2. The SMILES string of the molecule is Cn1cc(CNCC(O)c2ccncc2)c(C(C)(C)C)n1. The number of rotatable bonds is 5. The third kappa shape index (κ3) is 4.12. The van der Waals surface area contributed by atoms with Crippen molar-refractivity contribution in [3.05, 3.63) is 47.5 Å². The van der Waals surface area contributed by atoms with E-state index in [9.17, 15) is 5.11 Å². The highest BCUT2D eigenvalue weighted by Crippen LogP contribution is 2.24. The summed E-state index contributed by atoms with van der Waals surface area (Å²) in [6, 6.07) is 3.66. The molecule has 0 radical (unpaired) electrons. The van der Waals surface area contributed by atoms with Crippen LogP contribution < -0.4 is 5.32 Å². The first-order chi connectivity index (χ1) is 9.88. The molecule has 2 aromatic rings. The van der Waals surface area contributed by atoms with Crippen LogP contribution in [0.2, 0.25) is 0 Å². The lowest BCUT2D eigenvalue weighted by Gasteiger charge is -2.18. The summed E-state index contributed by atoms with van der Waals surface area (Å²) in [7, 11) is 1.94. The molecule has 0 saturated heterocycles. The summed E-state index contributed by atoms with van der Waals surface area (Å²) in [4.78, 5) is 3.95. The third-order valence-electron chi connectivity index (χ3n) is 3.36. The molecule has 2 aromatic heterocycles. The predicted molar refractivity (Wildman–Crippen MR) is 82.8 cm³/mol. The Morgan fingerprint density at radius 2 is 1.95 bits per heavy atom. The van der Waals surface area contributed by atoms with Crippen LogP contribution in [0.15, 0.2) is 30.7 Å². The van der Waals surface area contributed by atoms with Gasteiger partial charge in [0.1, 0.15) is 0 Å². The molecule has 5 heteroatoms. The highest BCUT2D eigenvalue weighted by molar-refractivity contribution is 5.24. The first-order valence-electron chi connectivity index (χ1n) is 7.19. The van der Waals surface area contributed by atoms with E-state index in [4.69, 9.17) is 0 Å². The number of hydrogen-bond acceptors (Lipinski definition) is 4. The molecule has 2 heterocycles. The van der Waals surface area contributed by atoms with Crippen LogP contribution in [-0.2, 0) is 19.0 Å². The first-order valence-corrected chi connectivity index (χ1v) is 7.19. The fourth-order valence-corrected chi connectivity index (χ4v) is 2.35. The molecular formula is C16H24N4O. The number of pyridine rings is 1. The lowest BCUT2D eigenvalue weighted by Crippen LogP contribution is -2.23. The van der Waals surface area contributed by atoms with E-state index in [1.54, 1.807) is 12.4 Å². The Morgan fingerprint density at radius 3 is 2.57 bits per heavy atom. The van der Waals surface area contributed by atoms with Gasteiger partial charge in [0, 0.05) is 49.7 Å². The van der Waals surface area contributed by atoms with E-state index in [2.05, 4.69) is 36.2 Å². The molecule has 0 saturated carbocycles. The number of nitrogens with one attached hydrogen (secondary N) is 1. The average molecular weight is 288 g/mol. The highest BCUT2D eigenvalue weighted by atomic mass is 16.3. The quantitative estimate of drug-likeness (QED) is 0.882. The Balaban J connectivity index is 1.95. The summed E-state index contributed by atoms with van der Waals surface area (Å²) in [5.41, 5.74) is 3.16. The summed E-state index contributed by atoms with van der Waals surface area (Å²) < 4.78 is 1.84. The second-order valence-corrected chi connectivity index (χ2v) is 6.35. The first kappa shape index (κ1) is 15.7. The van der Waals surface area contributed by atoms with Crippen molar-refractivity contribution in [1.29, 1.82) is 0 Å². The summed E-state index contributed by atoms with van der Waals surface area (Å²) in [5.74, 6) is 0. The van der Waals surface area contributed by atoms with E-state index in [0.717, 1.165) is 11.3 Å². The van der Waals surface area contributed by atoms with Gasteiger partial charge < -0.3 is 10.4 Å². The number of aryl methyl sites for hydroxylation is 1. The second kappa shape index (κ2) is 6.37. The Bertz CT molecular complexity index is 572. The molecule has 0 bridgehead atoms. The van der Waals surface area contributed by atoms with E-state index >= 15 is 0 Å². The van der Waals surface area contributed by atoms with Crippen LogP contribution in [0.5, 0.6) is 0 Å². The van der Waals surface area contributed by atoms with Crippen LogP contribution in [0.4, 0.5) is 0 Å². The standard InChI is InChI=1S/C16H24N4O/c1-16(2,3)15-13(11-20(4)19-15)9-18-10-14(21)12-5-7-17-8-6-12/h5-8,11,14,18,21H,9-10H2,1-4H3. The Labute approximate surface area is 126 Å². The Hall–Kier alpha value is -1.72. The molecular weight excluding hydrogens is 264 g/mol. The van der Waals surface area contributed by atoms with Gasteiger partial charge in [0.15, 0.2) is 0 Å². The van der Waals surface area contributed by atoms with Crippen LogP contribution >= 0.6 is 0 Å². The van der Waals surface area contributed by atoms with Crippen molar-refractivity contribution in [2.45, 2.75) is 38.8 Å². The van der Waals surface area contributed by atoms with Gasteiger partial charge in [-0.15, -0.1) is 0 Å². The van der Waals surface area contributed by atoms with Crippen molar-refractivity contribution < 1.29 is 5.11 Å². The molecule has 0 amide bonds. The molecule has 0 spiro atoms. The van der Waals surface area contributed by atoms with Crippen molar-refractivity contribution in [2.75, 3.05) is 6.54 Å². The predicted octanol–water partition coefficient (Wildman–Crippen LogP) is 1.94. The Morgan fingerprint density at radius 1 is 1.29 bits per heavy atom. The van der Waals surface area contributed by atoms with Gasteiger partial charge >= 0.3 is 0 Å². The van der Waals surface area contributed by atoms with Gasteiger partial charge in [-0.2, -0.15) is 5.10 Å². The third-order valence-corrected chi connectivity index (χ3v) is 3.36. The molecule has 0 fully saturated rings. The molecule has 2 N–H and O–H groups in total. The molecule has 114 valence electrons. The zero-order chi connectivity index (χ0) is 15.5. The molecule has 2 rings (SSSR count). The molecule has 0 aromatic carbocycles. The largest absolute Gasteiger partial charge is 0.387 e. The van der Waals surface area contributed by atoms with Crippen molar-refractivity contribution >= 4 is 0 Å². The van der Waals surface area contributed by atoms with Gasteiger partial charge in [-0.25, -0.2) is 0 Å². The molecule has 0 aliphatic carbocycles. The number of aliphatic hydroxyl groups is 1. The van der Waals surface area contributed by atoms with Crippen LogP contribution in [0.1, 0.15) is 43.7 Å². The van der Waals surface area contributed by atoms with Gasteiger partial charge in [-0.05, 0) is 17.7 Å². The van der Waals surface area contributed by atoms with E-state index in [1.165, 1.54) is 5.56 Å². The van der Waals surface area contributed by atoms with Crippen molar-refractivity contribution in [3.63, 3.8) is 0 Å². The summed E-state index contributed by atoms with van der Waals surface area (Å²) in [6.45, 7) is 7.67. The monoisotopic (exact) mass is 288 g/mol. The topological polar surface area (TPSA) is 63.0 Å². The van der Waals surface area contributed by atoms with Gasteiger partial charge in [-0.3, -0.25) is 9.67 Å². The fraction of sp³-hybridized carbons (Fsp3) is 0.500. The maximum absolute atomic E-state index is 10.1. The van der Waals surface area contributed by atoms with Gasteiger partial charge in [0.25, 0.3) is 0 Å². The Kier molecular flexibility index (Phi) is 4.75. The molecule has 0 aliphatic heterocycles. The number of nitrogens with zero attached hydrogens (tertiary/aromatic N) is 3. The zero-order valence-corrected chi connectivity index (χ0v) is 13.2. The number of aromatic nitrogens is 3. The minimum absolute atomic E-state index is 0.0159. The minimum Gasteiger partial charge on any atom is -0.387 e. The van der Waals surface area contributed by atoms with Crippen molar-refractivity contribution in [2.24, 2.45) is 7.05 Å². The fourth-order valence-electron chi connectivity index (χ4n) is 2.35. The number of aliphatic hydroxyl groups excluding tert-OH is 1. The molecule has 0 aliphatic rings. The van der Waals surface area contributed by atoms with Crippen LogP contribution in [0, 0.1) is 0 Å². The molecule has 21 heavy (non-hydrogen) atoms. The second-order valence-electron chi connectivity index (χ2n) is 6.35. The molecule has 5 nitrogen and oxygen atoms in total. The van der Waals surface area contributed by atoms with E-state index < -0.39 is 6.10 Å². The maximum Gasteiger partial charge on any atom is 0.0915 e. The van der Waals surface area contributed by atoms with Crippen LogP contribution in [-0.4, -0.2) is 26.4 Å². The van der Waals surface area contributed by atoms with Crippen LogP contribution in [0.25, 0.3) is 0 Å². The van der Waals surface area contributed by atoms with Gasteiger partial charge in [-0.1, -0.05) is 20.8 Å². The smallest absolute Gasteiger partial charge is 0.0915 e. The summed E-state index contributed by atoms with van der Waals surface area (Å²) in [6.07, 6.45) is 4.89. The van der Waals surface area contributed by atoms with Crippen molar-refractivity contribution in [1.82, 2.24) is 20.1 Å². The highest BCUT2D eigenvalue weighted by Gasteiger charge is 2.21. The lowest BCUT2D eigenvalue weighted by atomic mass is 9.89. The van der Waals surface area contributed by atoms with Gasteiger partial charge in [0.2, 0.25) is 0 Å². The minimum atomic E-state index is -0.525. The van der Waals surface area contributed by atoms with E-state index in [-0.39, 0.29) is 5.41 Å². The van der Waals surface area contributed by atoms with E-state index in [0.29, 0.717) is 13.1 Å². The summed E-state index contributed by atoms with van der Waals surface area (Å²) in [5, 5.41) is 18.0. The van der Waals surface area contributed by atoms with E-state index in [1.807, 2.05) is 30.1 Å². The zero-order valence-electron chi connectivity index (χ0n) is 13.2. The summed E-state index contributed by atoms with van der Waals surface area (Å²) >= 11 is 0. The average Bonchev–Trinajstić information content (AvgIpc) is 2.81. The molecule has 1 unspecified atom stereocenters. The van der Waals surface area contributed by atoms with Gasteiger partial charge in [0.05, 0.1) is 11.8 Å². The molecule has 1 atom stereocenters. The normalized spacial score (nSPS) is 13.4. The maximum atomic E-state index is 10.1. The van der Waals surface area contributed by atoms with Crippen molar-refractivity contribution in [3.8, 4) is 0 Å². The van der Waals surface area contributed by atoms with Crippen LogP contribution in [0.3, 0.4) is 0 Å².